The van der Waals surface area contributed by atoms with Gasteiger partial charge < -0.3 is 24.4 Å². The molecule has 0 bridgehead atoms. The van der Waals surface area contributed by atoms with E-state index < -0.39 is 0 Å². The van der Waals surface area contributed by atoms with Crippen molar-refractivity contribution in [3.8, 4) is 0 Å². The van der Waals surface area contributed by atoms with Gasteiger partial charge in [0.2, 0.25) is 5.91 Å². The van der Waals surface area contributed by atoms with Gasteiger partial charge in [0.1, 0.15) is 6.54 Å². The van der Waals surface area contributed by atoms with E-state index in [1.807, 2.05) is 59.1 Å². The van der Waals surface area contributed by atoms with Gasteiger partial charge in [0, 0.05) is 51.4 Å². The molecule has 1 heterocycles. The molecular formula is C26H40N4O3. The molecule has 0 atom stereocenters. The number of benzene rings is 1. The van der Waals surface area contributed by atoms with Gasteiger partial charge in [0.25, 0.3) is 0 Å². The Morgan fingerprint density at radius 1 is 1.06 bits per heavy atom. The SMILES string of the molecule is CCCCN(Cc1cccn1C)C(=O)CN(CCCOC)C(=O)Nc1ccc(C(C)C)cc1. The number of ether oxygens (including phenoxy) is 1. The van der Waals surface area contributed by atoms with E-state index in [1.165, 1.54) is 5.56 Å². The molecule has 0 fully saturated rings. The minimum atomic E-state index is -0.272. The zero-order valence-corrected chi connectivity index (χ0v) is 20.8. The maximum Gasteiger partial charge on any atom is 0.322 e. The van der Waals surface area contributed by atoms with Gasteiger partial charge in [-0.05, 0) is 48.6 Å². The lowest BCUT2D eigenvalue weighted by molar-refractivity contribution is -0.132. The second kappa shape index (κ2) is 13.7. The zero-order valence-electron chi connectivity index (χ0n) is 20.8. The van der Waals surface area contributed by atoms with Crippen molar-refractivity contribution in [1.29, 1.82) is 0 Å². The largest absolute Gasteiger partial charge is 0.385 e. The van der Waals surface area contributed by atoms with Crippen LogP contribution in [0, 0.1) is 0 Å². The molecule has 182 valence electrons. The Hall–Kier alpha value is -2.80. The fraction of sp³-hybridized carbons (Fsp3) is 0.538. The van der Waals surface area contributed by atoms with Crippen LogP contribution in [0.25, 0.3) is 0 Å². The Balaban J connectivity index is 2.10. The number of rotatable bonds is 13. The first-order valence-electron chi connectivity index (χ1n) is 11.9. The van der Waals surface area contributed by atoms with Crippen LogP contribution in [0.15, 0.2) is 42.6 Å². The summed E-state index contributed by atoms with van der Waals surface area (Å²) in [6, 6.07) is 11.6. The van der Waals surface area contributed by atoms with E-state index in [2.05, 4.69) is 26.1 Å². The van der Waals surface area contributed by atoms with Crippen LogP contribution < -0.4 is 5.32 Å². The molecule has 0 unspecified atom stereocenters. The van der Waals surface area contributed by atoms with E-state index in [1.54, 1.807) is 12.0 Å². The molecule has 0 aliphatic carbocycles. The van der Waals surface area contributed by atoms with E-state index in [4.69, 9.17) is 4.74 Å². The minimum absolute atomic E-state index is 0.0355. The van der Waals surface area contributed by atoms with Gasteiger partial charge in [0.15, 0.2) is 0 Å². The fourth-order valence-electron chi connectivity index (χ4n) is 3.57. The number of aryl methyl sites for hydroxylation is 1. The molecular weight excluding hydrogens is 416 g/mol. The van der Waals surface area contributed by atoms with Crippen LogP contribution >= 0.6 is 0 Å². The van der Waals surface area contributed by atoms with Crippen LogP contribution in [0.3, 0.4) is 0 Å². The van der Waals surface area contributed by atoms with Crippen molar-refractivity contribution in [3.63, 3.8) is 0 Å². The Labute approximate surface area is 198 Å². The summed E-state index contributed by atoms with van der Waals surface area (Å²) in [5.74, 6) is 0.378. The third-order valence-electron chi connectivity index (χ3n) is 5.76. The highest BCUT2D eigenvalue weighted by Gasteiger charge is 2.22. The molecule has 1 aromatic heterocycles. The molecule has 0 aliphatic rings. The molecule has 0 saturated carbocycles. The molecule has 0 aliphatic heterocycles. The summed E-state index contributed by atoms with van der Waals surface area (Å²) in [6.07, 6.45) is 4.57. The number of nitrogens with one attached hydrogen (secondary N) is 1. The smallest absolute Gasteiger partial charge is 0.322 e. The zero-order chi connectivity index (χ0) is 24.2. The van der Waals surface area contributed by atoms with Crippen LogP contribution in [0.4, 0.5) is 10.5 Å². The first-order valence-corrected chi connectivity index (χ1v) is 11.9. The number of nitrogens with zero attached hydrogens (tertiary/aromatic N) is 3. The van der Waals surface area contributed by atoms with Crippen LogP contribution in [-0.4, -0.2) is 59.7 Å². The number of methoxy groups -OCH3 is 1. The summed E-state index contributed by atoms with van der Waals surface area (Å²) in [6.45, 7) is 8.60. The average Bonchev–Trinajstić information content (AvgIpc) is 3.20. The Bertz CT molecular complexity index is 861. The molecule has 7 heteroatoms. The van der Waals surface area contributed by atoms with E-state index in [0.717, 1.165) is 24.2 Å². The van der Waals surface area contributed by atoms with Crippen molar-refractivity contribution in [3.05, 3.63) is 53.9 Å². The van der Waals surface area contributed by atoms with Gasteiger partial charge in [-0.2, -0.15) is 0 Å². The number of unbranched alkanes of at least 4 members (excludes halogenated alkanes) is 1. The summed E-state index contributed by atoms with van der Waals surface area (Å²) in [5, 5.41) is 2.95. The van der Waals surface area contributed by atoms with Gasteiger partial charge >= 0.3 is 6.03 Å². The molecule has 0 radical (unpaired) electrons. The first-order chi connectivity index (χ1) is 15.8. The number of urea groups is 1. The van der Waals surface area contributed by atoms with Gasteiger partial charge in [-0.15, -0.1) is 0 Å². The first kappa shape index (κ1) is 26.5. The molecule has 2 aromatic rings. The third kappa shape index (κ3) is 8.57. The molecule has 33 heavy (non-hydrogen) atoms. The number of carbonyl (C=O) groups is 2. The molecule has 0 spiro atoms. The lowest BCUT2D eigenvalue weighted by atomic mass is 10.0. The van der Waals surface area contributed by atoms with E-state index in [-0.39, 0.29) is 18.5 Å². The van der Waals surface area contributed by atoms with Gasteiger partial charge in [-0.3, -0.25) is 4.79 Å². The van der Waals surface area contributed by atoms with E-state index >= 15 is 0 Å². The fourth-order valence-corrected chi connectivity index (χ4v) is 3.57. The minimum Gasteiger partial charge on any atom is -0.385 e. The van der Waals surface area contributed by atoms with Gasteiger partial charge in [0.05, 0.1) is 6.54 Å². The van der Waals surface area contributed by atoms with Crippen molar-refractivity contribution >= 4 is 17.6 Å². The van der Waals surface area contributed by atoms with Crippen molar-refractivity contribution < 1.29 is 14.3 Å². The number of hydrogen-bond donors (Lipinski definition) is 1. The molecule has 1 aromatic carbocycles. The predicted molar refractivity (Wildman–Crippen MR) is 133 cm³/mol. The summed E-state index contributed by atoms with van der Waals surface area (Å²) in [4.78, 5) is 29.8. The van der Waals surface area contributed by atoms with Gasteiger partial charge in [-0.25, -0.2) is 4.79 Å². The number of hydrogen-bond acceptors (Lipinski definition) is 3. The third-order valence-corrected chi connectivity index (χ3v) is 5.76. The molecule has 0 saturated heterocycles. The monoisotopic (exact) mass is 456 g/mol. The number of carbonyl (C=O) groups excluding carboxylic acids is 2. The van der Waals surface area contributed by atoms with Crippen molar-refractivity contribution in [2.45, 2.75) is 52.5 Å². The van der Waals surface area contributed by atoms with Crippen molar-refractivity contribution in [1.82, 2.24) is 14.4 Å². The highest BCUT2D eigenvalue weighted by Crippen LogP contribution is 2.17. The van der Waals surface area contributed by atoms with E-state index in [9.17, 15) is 9.59 Å². The van der Waals surface area contributed by atoms with Crippen molar-refractivity contribution in [2.24, 2.45) is 7.05 Å². The highest BCUT2D eigenvalue weighted by atomic mass is 16.5. The van der Waals surface area contributed by atoms with Crippen LogP contribution in [0.1, 0.15) is 57.2 Å². The summed E-state index contributed by atoms with van der Waals surface area (Å²) < 4.78 is 7.18. The molecule has 3 amide bonds. The van der Waals surface area contributed by atoms with Gasteiger partial charge in [-0.1, -0.05) is 39.3 Å². The quantitative estimate of drug-likeness (QED) is 0.438. The summed E-state index contributed by atoms with van der Waals surface area (Å²) in [5.41, 5.74) is 3.01. The van der Waals surface area contributed by atoms with Crippen LogP contribution in [-0.2, 0) is 23.1 Å². The second-order valence-electron chi connectivity index (χ2n) is 8.75. The topological polar surface area (TPSA) is 66.8 Å². The standard InChI is InChI=1S/C26H40N4O3/c1-6-7-16-29(19-24-10-8-15-28(24)4)25(31)20-30(17-9-18-33-5)26(32)27-23-13-11-22(12-14-23)21(2)3/h8,10-15,21H,6-7,9,16-20H2,1-5H3,(H,27,32). The number of anilines is 1. The number of amides is 3. The second-order valence-corrected chi connectivity index (χ2v) is 8.75. The summed E-state index contributed by atoms with van der Waals surface area (Å²) in [7, 11) is 3.62. The maximum absolute atomic E-state index is 13.3. The van der Waals surface area contributed by atoms with Crippen LogP contribution in [0.2, 0.25) is 0 Å². The molecule has 1 N–H and O–H groups in total. The Morgan fingerprint density at radius 3 is 2.33 bits per heavy atom. The van der Waals surface area contributed by atoms with E-state index in [0.29, 0.717) is 38.6 Å². The normalized spacial score (nSPS) is 11.0. The van der Waals surface area contributed by atoms with Crippen LogP contribution in [0.5, 0.6) is 0 Å². The Kier molecular flexibility index (Phi) is 11.0. The number of aromatic nitrogens is 1. The Morgan fingerprint density at radius 2 is 1.76 bits per heavy atom. The molecule has 2 rings (SSSR count). The highest BCUT2D eigenvalue weighted by molar-refractivity contribution is 5.92. The summed E-state index contributed by atoms with van der Waals surface area (Å²) >= 11 is 0. The lowest BCUT2D eigenvalue weighted by Crippen LogP contribution is -2.45. The molecule has 7 nitrogen and oxygen atoms in total. The lowest BCUT2D eigenvalue weighted by Gasteiger charge is -2.28. The predicted octanol–water partition coefficient (Wildman–Crippen LogP) is 4.85. The maximum atomic E-state index is 13.3. The van der Waals surface area contributed by atoms with Crippen molar-refractivity contribution in [2.75, 3.05) is 38.7 Å². The average molecular weight is 457 g/mol.